The Labute approximate surface area is 179 Å². The van der Waals surface area contributed by atoms with Gasteiger partial charge < -0.3 is 8.92 Å². The fraction of sp³-hybridized carbons (Fsp3) is 0.0952. The first-order valence-electron chi connectivity index (χ1n) is 9.02. The molecule has 0 saturated carbocycles. The Morgan fingerprint density at radius 2 is 1.77 bits per heavy atom. The maximum atomic E-state index is 12.7. The van der Waals surface area contributed by atoms with Gasteiger partial charge in [-0.3, -0.25) is 15.5 Å². The van der Waals surface area contributed by atoms with Crippen LogP contribution in [0.1, 0.15) is 11.1 Å². The highest BCUT2D eigenvalue weighted by atomic mass is 32.2. The van der Waals surface area contributed by atoms with Gasteiger partial charge in [0.1, 0.15) is 4.90 Å². The molecule has 0 aliphatic carbocycles. The summed E-state index contributed by atoms with van der Waals surface area (Å²) < 4.78 is 35.9. The number of nitrogens with zero attached hydrogens (tertiary/aromatic N) is 2. The SMILES string of the molecule is COc1cc(/C=N/Nc2ccccc2)ccc1OS(=O)(=O)c1cc([N+](=O)[O-])ccc1C. The minimum Gasteiger partial charge on any atom is -0.493 e. The fourth-order valence-electron chi connectivity index (χ4n) is 2.66. The number of non-ortho nitro benzene ring substituents is 1. The zero-order valence-electron chi connectivity index (χ0n) is 16.7. The van der Waals surface area contributed by atoms with Crippen molar-refractivity contribution in [2.45, 2.75) is 11.8 Å². The van der Waals surface area contributed by atoms with Crippen molar-refractivity contribution in [2.24, 2.45) is 5.10 Å². The Morgan fingerprint density at radius 1 is 1.03 bits per heavy atom. The van der Waals surface area contributed by atoms with Crippen LogP contribution in [0.4, 0.5) is 11.4 Å². The Kier molecular flexibility index (Phi) is 6.51. The molecule has 0 amide bonds. The van der Waals surface area contributed by atoms with Gasteiger partial charge in [0.2, 0.25) is 0 Å². The third-order valence-corrected chi connectivity index (χ3v) is 5.60. The number of nitrogens with one attached hydrogen (secondary N) is 1. The predicted octanol–water partition coefficient (Wildman–Crippen LogP) is 4.13. The van der Waals surface area contributed by atoms with Crippen LogP contribution in [0.5, 0.6) is 11.5 Å². The number of aryl methyl sites for hydroxylation is 1. The van der Waals surface area contributed by atoms with Gasteiger partial charge in [-0.15, -0.1) is 0 Å². The molecule has 0 spiro atoms. The molecule has 9 nitrogen and oxygen atoms in total. The zero-order chi connectivity index (χ0) is 22.4. The molecule has 3 aromatic rings. The highest BCUT2D eigenvalue weighted by Crippen LogP contribution is 2.32. The molecule has 31 heavy (non-hydrogen) atoms. The summed E-state index contributed by atoms with van der Waals surface area (Å²) in [4.78, 5) is 10.0. The number of para-hydroxylation sites is 1. The van der Waals surface area contributed by atoms with Crippen molar-refractivity contribution in [1.82, 2.24) is 0 Å². The normalized spacial score (nSPS) is 11.3. The van der Waals surface area contributed by atoms with E-state index < -0.39 is 15.0 Å². The molecule has 0 aliphatic rings. The lowest BCUT2D eigenvalue weighted by molar-refractivity contribution is -0.385. The zero-order valence-corrected chi connectivity index (χ0v) is 17.5. The number of rotatable bonds is 8. The fourth-order valence-corrected chi connectivity index (χ4v) is 3.85. The summed E-state index contributed by atoms with van der Waals surface area (Å²) in [6, 6.07) is 17.5. The highest BCUT2D eigenvalue weighted by Gasteiger charge is 2.24. The number of ether oxygens (including phenoxy) is 1. The van der Waals surface area contributed by atoms with Gasteiger partial charge in [0.05, 0.1) is 23.9 Å². The van der Waals surface area contributed by atoms with E-state index in [1.807, 2.05) is 30.3 Å². The molecule has 160 valence electrons. The van der Waals surface area contributed by atoms with Crippen molar-refractivity contribution in [1.29, 1.82) is 0 Å². The molecular formula is C21H19N3O6S. The van der Waals surface area contributed by atoms with Crippen LogP contribution in [0.3, 0.4) is 0 Å². The third-order valence-electron chi connectivity index (χ3n) is 4.22. The second kappa shape index (κ2) is 9.26. The van der Waals surface area contributed by atoms with Crippen LogP contribution in [0.25, 0.3) is 0 Å². The molecule has 3 rings (SSSR count). The molecule has 0 bridgehead atoms. The van der Waals surface area contributed by atoms with Gasteiger partial charge >= 0.3 is 10.1 Å². The monoisotopic (exact) mass is 441 g/mol. The van der Waals surface area contributed by atoms with Gasteiger partial charge in [0.25, 0.3) is 5.69 Å². The summed E-state index contributed by atoms with van der Waals surface area (Å²) in [5, 5.41) is 15.1. The average Bonchev–Trinajstić information content (AvgIpc) is 2.75. The number of nitro benzene ring substituents is 1. The van der Waals surface area contributed by atoms with Crippen molar-refractivity contribution in [3.8, 4) is 11.5 Å². The molecule has 10 heteroatoms. The Balaban J connectivity index is 1.83. The number of anilines is 1. The number of hydrazone groups is 1. The number of benzene rings is 3. The van der Waals surface area contributed by atoms with Crippen LogP contribution in [-0.4, -0.2) is 26.7 Å². The Bertz CT molecular complexity index is 1230. The van der Waals surface area contributed by atoms with E-state index in [2.05, 4.69) is 10.5 Å². The van der Waals surface area contributed by atoms with E-state index in [1.165, 1.54) is 32.2 Å². The number of hydrogen-bond donors (Lipinski definition) is 1. The number of methoxy groups -OCH3 is 1. The van der Waals surface area contributed by atoms with Crippen molar-refractivity contribution in [3.05, 3.63) is 88.0 Å². The van der Waals surface area contributed by atoms with E-state index in [9.17, 15) is 18.5 Å². The molecular weight excluding hydrogens is 422 g/mol. The first-order valence-corrected chi connectivity index (χ1v) is 10.4. The minimum absolute atomic E-state index is 0.0541. The van der Waals surface area contributed by atoms with Gasteiger partial charge in [0.15, 0.2) is 11.5 Å². The lowest BCUT2D eigenvalue weighted by Gasteiger charge is -2.12. The van der Waals surface area contributed by atoms with Crippen LogP contribution >= 0.6 is 0 Å². The summed E-state index contributed by atoms with van der Waals surface area (Å²) in [6.45, 7) is 1.52. The lowest BCUT2D eigenvalue weighted by Crippen LogP contribution is -2.12. The molecule has 3 aromatic carbocycles. The minimum atomic E-state index is -4.33. The van der Waals surface area contributed by atoms with Crippen LogP contribution in [0.2, 0.25) is 0 Å². The van der Waals surface area contributed by atoms with Gasteiger partial charge in [0, 0.05) is 12.1 Å². The maximum absolute atomic E-state index is 12.7. The summed E-state index contributed by atoms with van der Waals surface area (Å²) >= 11 is 0. The second-order valence-electron chi connectivity index (χ2n) is 6.39. The second-order valence-corrected chi connectivity index (χ2v) is 7.91. The average molecular weight is 441 g/mol. The maximum Gasteiger partial charge on any atom is 0.339 e. The molecule has 1 N–H and O–H groups in total. The molecule has 0 fully saturated rings. The molecule has 0 radical (unpaired) electrons. The molecule has 0 saturated heterocycles. The first-order chi connectivity index (χ1) is 14.8. The van der Waals surface area contributed by atoms with Crippen LogP contribution in [0.15, 0.2) is 76.7 Å². The van der Waals surface area contributed by atoms with Crippen molar-refractivity contribution < 1.29 is 22.3 Å². The van der Waals surface area contributed by atoms with Crippen LogP contribution < -0.4 is 14.3 Å². The van der Waals surface area contributed by atoms with Crippen LogP contribution in [-0.2, 0) is 10.1 Å². The number of hydrogen-bond acceptors (Lipinski definition) is 8. The lowest BCUT2D eigenvalue weighted by atomic mass is 10.2. The summed E-state index contributed by atoms with van der Waals surface area (Å²) in [5.74, 6) is 0.108. The van der Waals surface area contributed by atoms with E-state index in [1.54, 1.807) is 18.3 Å². The largest absolute Gasteiger partial charge is 0.493 e. The molecule has 0 aliphatic heterocycles. The van der Waals surface area contributed by atoms with E-state index in [0.29, 0.717) is 11.1 Å². The Hall–Kier alpha value is -3.92. The quantitative estimate of drug-likeness (QED) is 0.241. The summed E-state index contributed by atoms with van der Waals surface area (Å²) in [5.41, 5.74) is 4.29. The van der Waals surface area contributed by atoms with Crippen LogP contribution in [0, 0.1) is 17.0 Å². The molecule has 0 unspecified atom stereocenters. The van der Waals surface area contributed by atoms with Crippen molar-refractivity contribution >= 4 is 27.7 Å². The topological polar surface area (TPSA) is 120 Å². The number of nitro groups is 1. The first kappa shape index (κ1) is 21.8. The molecule has 0 atom stereocenters. The van der Waals surface area contributed by atoms with E-state index in [0.717, 1.165) is 11.8 Å². The van der Waals surface area contributed by atoms with Gasteiger partial charge in [-0.2, -0.15) is 13.5 Å². The predicted molar refractivity (Wildman–Crippen MR) is 116 cm³/mol. The van der Waals surface area contributed by atoms with E-state index >= 15 is 0 Å². The van der Waals surface area contributed by atoms with Gasteiger partial charge in [-0.1, -0.05) is 24.3 Å². The standard InChI is InChI=1S/C21H19N3O6S/c1-15-8-10-18(24(25)26)13-21(15)31(27,28)30-19-11-9-16(12-20(19)29-2)14-22-23-17-6-4-3-5-7-17/h3-14,23H,1-2H3/b22-14+. The highest BCUT2D eigenvalue weighted by molar-refractivity contribution is 7.87. The molecule has 0 heterocycles. The smallest absolute Gasteiger partial charge is 0.339 e. The summed E-state index contributed by atoms with van der Waals surface area (Å²) in [7, 11) is -2.96. The molecule has 0 aromatic heterocycles. The van der Waals surface area contributed by atoms with Crippen molar-refractivity contribution in [3.63, 3.8) is 0 Å². The summed E-state index contributed by atoms with van der Waals surface area (Å²) in [6.07, 6.45) is 1.54. The van der Waals surface area contributed by atoms with E-state index in [-0.39, 0.29) is 22.1 Å². The van der Waals surface area contributed by atoms with Gasteiger partial charge in [-0.05, 0) is 48.4 Å². The van der Waals surface area contributed by atoms with Gasteiger partial charge in [-0.25, -0.2) is 0 Å². The van der Waals surface area contributed by atoms with Crippen molar-refractivity contribution in [2.75, 3.05) is 12.5 Å². The van der Waals surface area contributed by atoms with E-state index in [4.69, 9.17) is 8.92 Å². The Morgan fingerprint density at radius 3 is 2.45 bits per heavy atom. The third kappa shape index (κ3) is 5.37.